The smallest absolute Gasteiger partial charge is 0.266 e. The van der Waals surface area contributed by atoms with E-state index in [4.69, 9.17) is 23.2 Å². The molecule has 8 heteroatoms. The Morgan fingerprint density at radius 1 is 1.44 bits per heavy atom. The van der Waals surface area contributed by atoms with Crippen molar-refractivity contribution in [3.8, 4) is 0 Å². The topological polar surface area (TPSA) is 82.5 Å². The zero-order chi connectivity index (χ0) is 18.2. The van der Waals surface area contributed by atoms with Crippen LogP contribution in [-0.2, 0) is 17.1 Å². The first-order valence-electron chi connectivity index (χ1n) is 7.59. The van der Waals surface area contributed by atoms with Gasteiger partial charge < -0.3 is 15.5 Å². The second kappa shape index (κ2) is 6.88. The van der Waals surface area contributed by atoms with E-state index in [0.717, 1.165) is 0 Å². The minimum atomic E-state index is -2.36. The summed E-state index contributed by atoms with van der Waals surface area (Å²) in [6.45, 7) is -0.425. The van der Waals surface area contributed by atoms with E-state index in [0.29, 0.717) is 0 Å². The number of carbonyl (C=O) groups excluding carboxylic acids is 1. The van der Waals surface area contributed by atoms with Gasteiger partial charge in [-0.05, 0) is 31.0 Å². The van der Waals surface area contributed by atoms with Gasteiger partial charge in [0.2, 0.25) is 5.67 Å². The van der Waals surface area contributed by atoms with Gasteiger partial charge in [-0.3, -0.25) is 9.78 Å². The molecule has 0 saturated carbocycles. The van der Waals surface area contributed by atoms with Gasteiger partial charge >= 0.3 is 0 Å². The van der Waals surface area contributed by atoms with Gasteiger partial charge in [0.1, 0.15) is 0 Å². The van der Waals surface area contributed by atoms with Crippen LogP contribution in [0.4, 0.5) is 10.1 Å². The Hall–Kier alpha value is -1.73. The van der Waals surface area contributed by atoms with Gasteiger partial charge in [0.05, 0.1) is 29.1 Å². The summed E-state index contributed by atoms with van der Waals surface area (Å²) < 4.78 is 15.6. The summed E-state index contributed by atoms with van der Waals surface area (Å²) in [5.41, 5.74) is -1.81. The fourth-order valence-corrected chi connectivity index (χ4v) is 3.55. The Morgan fingerprint density at radius 2 is 2.20 bits per heavy atom. The maximum Gasteiger partial charge on any atom is 0.266 e. The van der Waals surface area contributed by atoms with E-state index < -0.39 is 24.3 Å². The third-order valence-electron chi connectivity index (χ3n) is 4.25. The van der Waals surface area contributed by atoms with Crippen molar-refractivity contribution >= 4 is 34.8 Å². The monoisotopic (exact) mass is 384 g/mol. The molecule has 0 spiro atoms. The molecule has 3 rings (SSSR count). The minimum absolute atomic E-state index is 0.0295. The lowest BCUT2D eigenvalue weighted by atomic mass is 9.81. The van der Waals surface area contributed by atoms with E-state index in [2.05, 4.69) is 10.3 Å². The van der Waals surface area contributed by atoms with E-state index in [1.54, 1.807) is 0 Å². The molecule has 1 aliphatic carbocycles. The fraction of sp³-hybridized carbons (Fsp3) is 0.294. The lowest BCUT2D eigenvalue weighted by Gasteiger charge is -2.32. The molecule has 0 unspecified atom stereocenters. The van der Waals surface area contributed by atoms with Crippen LogP contribution in [-0.4, -0.2) is 21.1 Å². The van der Waals surface area contributed by atoms with Gasteiger partial charge in [-0.25, -0.2) is 4.39 Å². The molecule has 2 aromatic rings. The van der Waals surface area contributed by atoms with Crippen molar-refractivity contribution in [3.05, 3.63) is 57.3 Å². The average Bonchev–Trinajstić information content (AvgIpc) is 2.60. The highest BCUT2D eigenvalue weighted by atomic mass is 35.5. The number of anilines is 1. The number of pyridine rings is 1. The number of nitrogens with one attached hydrogen (secondary N) is 1. The molecule has 2 atom stereocenters. The number of carbonyl (C=O) groups is 1. The maximum absolute atomic E-state index is 15.6. The molecule has 1 amide bonds. The van der Waals surface area contributed by atoms with Gasteiger partial charge in [-0.1, -0.05) is 29.3 Å². The molecule has 25 heavy (non-hydrogen) atoms. The molecular weight excluding hydrogens is 370 g/mol. The number of alkyl halides is 1. The molecular formula is C17H15Cl2FN2O3. The third kappa shape index (κ3) is 3.22. The van der Waals surface area contributed by atoms with Crippen LogP contribution in [0.2, 0.25) is 10.0 Å². The van der Waals surface area contributed by atoms with E-state index in [9.17, 15) is 15.0 Å². The van der Waals surface area contributed by atoms with E-state index in [-0.39, 0.29) is 45.4 Å². The Morgan fingerprint density at radius 3 is 2.92 bits per heavy atom. The highest BCUT2D eigenvalue weighted by molar-refractivity contribution is 6.37. The molecule has 1 heterocycles. The summed E-state index contributed by atoms with van der Waals surface area (Å²) >= 11 is 12.0. The van der Waals surface area contributed by atoms with Crippen LogP contribution in [0.15, 0.2) is 30.5 Å². The molecule has 0 fully saturated rings. The standard InChI is InChI=1S/C17H15Cl2FN2O3/c18-10-6-9(8-23)14(12(19)7-10)22-16(25)17(20)4-3-13(24)15-11(17)2-1-5-21-15/h1-2,5-7,13,23-24H,3-4,8H2,(H,22,25)/t13-,17-/m1/s1. The summed E-state index contributed by atoms with van der Waals surface area (Å²) in [7, 11) is 0. The van der Waals surface area contributed by atoms with Crippen LogP contribution in [0.1, 0.15) is 35.8 Å². The minimum Gasteiger partial charge on any atom is -0.392 e. The summed E-state index contributed by atoms with van der Waals surface area (Å²) in [5, 5.41) is 22.3. The van der Waals surface area contributed by atoms with Crippen molar-refractivity contribution in [2.75, 3.05) is 5.32 Å². The second-order valence-electron chi connectivity index (χ2n) is 5.83. The number of aliphatic hydroxyl groups excluding tert-OH is 2. The molecule has 5 nitrogen and oxygen atoms in total. The van der Waals surface area contributed by atoms with Crippen molar-refractivity contribution in [2.45, 2.75) is 31.2 Å². The predicted octanol–water partition coefficient (Wildman–Crippen LogP) is 3.51. The van der Waals surface area contributed by atoms with Crippen LogP contribution >= 0.6 is 23.2 Å². The average molecular weight is 385 g/mol. The SMILES string of the molecule is O=C(Nc1c(Cl)cc(Cl)cc1CO)[C@@]1(F)CC[C@@H](O)c2ncccc21. The predicted molar refractivity (Wildman–Crippen MR) is 92.2 cm³/mol. The van der Waals surface area contributed by atoms with Gasteiger partial charge in [-0.2, -0.15) is 0 Å². The fourth-order valence-electron chi connectivity index (χ4n) is 2.97. The summed E-state index contributed by atoms with van der Waals surface area (Å²) in [4.78, 5) is 16.7. The van der Waals surface area contributed by atoms with Crippen molar-refractivity contribution < 1.29 is 19.4 Å². The number of benzene rings is 1. The number of hydrogen-bond acceptors (Lipinski definition) is 4. The van der Waals surface area contributed by atoms with Crippen LogP contribution in [0.25, 0.3) is 0 Å². The van der Waals surface area contributed by atoms with Crippen molar-refractivity contribution in [2.24, 2.45) is 0 Å². The Balaban J connectivity index is 1.99. The Labute approximate surface area is 153 Å². The highest BCUT2D eigenvalue weighted by Gasteiger charge is 2.47. The Kier molecular flexibility index (Phi) is 4.97. The normalized spacial score (nSPS) is 22.4. The number of rotatable bonds is 3. The highest BCUT2D eigenvalue weighted by Crippen LogP contribution is 2.43. The zero-order valence-electron chi connectivity index (χ0n) is 13.0. The molecule has 3 N–H and O–H groups in total. The number of hydrogen-bond donors (Lipinski definition) is 3. The summed E-state index contributed by atoms with van der Waals surface area (Å²) in [5.74, 6) is -0.937. The summed E-state index contributed by atoms with van der Waals surface area (Å²) in [6.07, 6.45) is 0.388. The maximum atomic E-state index is 15.6. The number of halogens is 3. The van der Waals surface area contributed by atoms with Gasteiger partial charge in [0.25, 0.3) is 5.91 Å². The van der Waals surface area contributed by atoms with Crippen molar-refractivity contribution in [1.82, 2.24) is 4.98 Å². The quantitative estimate of drug-likeness (QED) is 0.755. The lowest BCUT2D eigenvalue weighted by Crippen LogP contribution is -2.40. The molecule has 1 aromatic heterocycles. The van der Waals surface area contributed by atoms with Crippen LogP contribution in [0, 0.1) is 0 Å². The molecule has 0 saturated heterocycles. The summed E-state index contributed by atoms with van der Waals surface area (Å²) in [6, 6.07) is 5.77. The van der Waals surface area contributed by atoms with E-state index >= 15 is 4.39 Å². The first kappa shape index (κ1) is 18.1. The first-order valence-corrected chi connectivity index (χ1v) is 8.35. The third-order valence-corrected chi connectivity index (χ3v) is 4.77. The largest absolute Gasteiger partial charge is 0.392 e. The first-order chi connectivity index (χ1) is 11.9. The van der Waals surface area contributed by atoms with Gasteiger partial charge in [0, 0.05) is 22.3 Å². The van der Waals surface area contributed by atoms with E-state index in [1.807, 2.05) is 0 Å². The number of nitrogens with zero attached hydrogens (tertiary/aromatic N) is 1. The number of aliphatic hydroxyl groups is 2. The van der Waals surface area contributed by atoms with E-state index in [1.165, 1.54) is 30.5 Å². The Bertz CT molecular complexity index is 834. The molecule has 0 bridgehead atoms. The zero-order valence-corrected chi connectivity index (χ0v) is 14.5. The lowest BCUT2D eigenvalue weighted by molar-refractivity contribution is -0.129. The number of amides is 1. The number of fused-ring (bicyclic) bond motifs is 1. The van der Waals surface area contributed by atoms with Crippen molar-refractivity contribution in [1.29, 1.82) is 0 Å². The van der Waals surface area contributed by atoms with Crippen LogP contribution in [0.5, 0.6) is 0 Å². The van der Waals surface area contributed by atoms with Gasteiger partial charge in [0.15, 0.2) is 0 Å². The molecule has 0 radical (unpaired) electrons. The molecule has 1 aliphatic rings. The second-order valence-corrected chi connectivity index (χ2v) is 6.67. The van der Waals surface area contributed by atoms with Crippen molar-refractivity contribution in [3.63, 3.8) is 0 Å². The molecule has 1 aromatic carbocycles. The number of aromatic nitrogens is 1. The van der Waals surface area contributed by atoms with Gasteiger partial charge in [-0.15, -0.1) is 0 Å². The van der Waals surface area contributed by atoms with Crippen LogP contribution in [0.3, 0.4) is 0 Å². The van der Waals surface area contributed by atoms with Crippen LogP contribution < -0.4 is 5.32 Å². The molecule has 0 aliphatic heterocycles. The molecule has 132 valence electrons.